The van der Waals surface area contributed by atoms with Gasteiger partial charge in [-0.25, -0.2) is 13.9 Å². The summed E-state index contributed by atoms with van der Waals surface area (Å²) < 4.78 is 15.0. The molecule has 28 heavy (non-hydrogen) atoms. The highest BCUT2D eigenvalue weighted by Crippen LogP contribution is 2.31. The number of aromatic nitrogens is 4. The lowest BCUT2D eigenvalue weighted by Crippen LogP contribution is -2.28. The second kappa shape index (κ2) is 6.72. The van der Waals surface area contributed by atoms with Crippen LogP contribution >= 0.6 is 0 Å². The fourth-order valence-electron chi connectivity index (χ4n) is 3.89. The van der Waals surface area contributed by atoms with E-state index >= 15 is 0 Å². The molecule has 4 aromatic rings. The van der Waals surface area contributed by atoms with Gasteiger partial charge in [0.05, 0.1) is 28.5 Å². The minimum Gasteiger partial charge on any atom is -0.340 e. The maximum atomic E-state index is 13.2. The second-order valence-corrected chi connectivity index (χ2v) is 7.03. The summed E-state index contributed by atoms with van der Waals surface area (Å²) in [6.45, 7) is 1.87. The lowest BCUT2D eigenvalue weighted by atomic mass is 9.94. The van der Waals surface area contributed by atoms with E-state index in [1.54, 1.807) is 12.1 Å². The molecule has 7 nitrogen and oxygen atoms in total. The summed E-state index contributed by atoms with van der Waals surface area (Å²) in [5.41, 5.74) is 2.97. The van der Waals surface area contributed by atoms with Gasteiger partial charge in [0.25, 0.3) is 5.56 Å². The van der Waals surface area contributed by atoms with Crippen LogP contribution in [0.4, 0.5) is 15.9 Å². The first kappa shape index (κ1) is 16.9. The third-order valence-electron chi connectivity index (χ3n) is 5.21. The number of nitrogens with one attached hydrogen (secondary N) is 3. The molecule has 1 aliphatic rings. The predicted molar refractivity (Wildman–Crippen MR) is 106 cm³/mol. The maximum absolute atomic E-state index is 13.2. The highest BCUT2D eigenvalue weighted by molar-refractivity contribution is 6.03. The van der Waals surface area contributed by atoms with E-state index in [2.05, 4.69) is 20.6 Å². The van der Waals surface area contributed by atoms with E-state index in [0.29, 0.717) is 11.5 Å². The Hall–Kier alpha value is -3.26. The van der Waals surface area contributed by atoms with Gasteiger partial charge in [-0.3, -0.25) is 4.79 Å². The van der Waals surface area contributed by atoms with Crippen molar-refractivity contribution in [3.05, 3.63) is 64.5 Å². The maximum Gasteiger partial charge on any atom is 0.251 e. The van der Waals surface area contributed by atoms with Crippen LogP contribution in [0.15, 0.2) is 47.4 Å². The molecule has 0 saturated carbocycles. The molecular formula is C20H19FN6O. The molecular weight excluding hydrogens is 359 g/mol. The summed E-state index contributed by atoms with van der Waals surface area (Å²) in [4.78, 5) is 19.4. The van der Waals surface area contributed by atoms with Crippen LogP contribution in [0.1, 0.15) is 24.5 Å². The fraction of sp³-hybridized carbons (Fsp3) is 0.250. The van der Waals surface area contributed by atoms with Crippen molar-refractivity contribution in [2.24, 2.45) is 0 Å². The highest BCUT2D eigenvalue weighted by Gasteiger charge is 2.21. The summed E-state index contributed by atoms with van der Waals surface area (Å²) in [6, 6.07) is 10.3. The van der Waals surface area contributed by atoms with Crippen molar-refractivity contribution in [1.82, 2.24) is 24.9 Å². The smallest absolute Gasteiger partial charge is 0.251 e. The van der Waals surface area contributed by atoms with Crippen molar-refractivity contribution in [3.8, 4) is 0 Å². The zero-order valence-electron chi connectivity index (χ0n) is 15.1. The van der Waals surface area contributed by atoms with E-state index in [4.69, 9.17) is 5.10 Å². The van der Waals surface area contributed by atoms with Crippen LogP contribution < -0.4 is 16.2 Å². The Balaban J connectivity index is 1.68. The number of benzene rings is 1. The first-order valence-electron chi connectivity index (χ1n) is 9.33. The number of pyridine rings is 1. The molecule has 0 amide bonds. The number of hydrogen-bond acceptors (Lipinski definition) is 5. The molecule has 8 heteroatoms. The number of fused-ring (bicyclic) bond motifs is 3. The Morgan fingerprint density at radius 3 is 2.82 bits per heavy atom. The number of anilines is 2. The lowest BCUT2D eigenvalue weighted by Gasteiger charge is -2.23. The van der Waals surface area contributed by atoms with Gasteiger partial charge in [-0.2, -0.15) is 5.10 Å². The molecule has 0 bridgehead atoms. The van der Waals surface area contributed by atoms with E-state index in [0.717, 1.165) is 54.4 Å². The topological polar surface area (TPSA) is 87.1 Å². The van der Waals surface area contributed by atoms with Gasteiger partial charge in [0.1, 0.15) is 17.3 Å². The Kier molecular flexibility index (Phi) is 4.05. The van der Waals surface area contributed by atoms with Gasteiger partial charge in [0, 0.05) is 12.0 Å². The molecule has 4 heterocycles. The van der Waals surface area contributed by atoms with E-state index in [1.807, 2.05) is 22.7 Å². The first-order chi connectivity index (χ1) is 13.7. The number of nitrogens with zero attached hydrogens (tertiary/aromatic N) is 3. The van der Waals surface area contributed by atoms with Crippen LogP contribution in [0.3, 0.4) is 0 Å². The van der Waals surface area contributed by atoms with Crippen molar-refractivity contribution in [2.75, 3.05) is 18.4 Å². The zero-order chi connectivity index (χ0) is 19.1. The summed E-state index contributed by atoms with van der Waals surface area (Å²) in [5.74, 6) is 0.413. The number of halogens is 1. The molecule has 3 aromatic heterocycles. The minimum atomic E-state index is -0.393. The van der Waals surface area contributed by atoms with E-state index < -0.39 is 5.82 Å². The van der Waals surface area contributed by atoms with Gasteiger partial charge in [0.2, 0.25) is 0 Å². The number of piperidine rings is 1. The van der Waals surface area contributed by atoms with Crippen molar-refractivity contribution in [1.29, 1.82) is 0 Å². The van der Waals surface area contributed by atoms with Crippen molar-refractivity contribution in [3.63, 3.8) is 0 Å². The first-order valence-corrected chi connectivity index (χ1v) is 9.33. The van der Waals surface area contributed by atoms with Gasteiger partial charge in [-0.05, 0) is 50.2 Å². The molecule has 0 atom stereocenters. The van der Waals surface area contributed by atoms with Crippen LogP contribution in [-0.2, 0) is 0 Å². The third-order valence-corrected chi connectivity index (χ3v) is 5.21. The van der Waals surface area contributed by atoms with Crippen LogP contribution in [0.25, 0.3) is 16.6 Å². The Labute approximate surface area is 159 Å². The standard InChI is InChI=1S/C20H19FN6O/c21-13-4-5-17(23-11-13)24-14-2-1-3-15-19(14)20-25-18(28)10-16(27(20)26-15)12-6-8-22-9-7-12/h1-5,10-12,22H,6-9H2,(H,23,24)(H,25,28). The van der Waals surface area contributed by atoms with Gasteiger partial charge < -0.3 is 15.6 Å². The largest absolute Gasteiger partial charge is 0.340 e. The monoisotopic (exact) mass is 378 g/mol. The average Bonchev–Trinajstić information content (AvgIpc) is 3.09. The normalized spacial score (nSPS) is 15.3. The Bertz CT molecular complexity index is 1210. The van der Waals surface area contributed by atoms with Crippen molar-refractivity contribution < 1.29 is 4.39 Å². The number of aromatic amines is 1. The molecule has 3 N–H and O–H groups in total. The van der Waals surface area contributed by atoms with Crippen LogP contribution in [0, 0.1) is 5.82 Å². The summed E-state index contributed by atoms with van der Waals surface area (Å²) >= 11 is 0. The van der Waals surface area contributed by atoms with Gasteiger partial charge >= 0.3 is 0 Å². The molecule has 1 aromatic carbocycles. The molecule has 142 valence electrons. The van der Waals surface area contributed by atoms with Gasteiger partial charge in [-0.1, -0.05) is 6.07 Å². The number of H-pyrrole nitrogens is 1. The fourth-order valence-corrected chi connectivity index (χ4v) is 3.89. The van der Waals surface area contributed by atoms with Crippen LogP contribution in [-0.4, -0.2) is 32.7 Å². The molecule has 1 aliphatic heterocycles. The molecule has 1 fully saturated rings. The highest BCUT2D eigenvalue weighted by atomic mass is 19.1. The van der Waals surface area contributed by atoms with Crippen LogP contribution in [0.5, 0.6) is 0 Å². The van der Waals surface area contributed by atoms with Gasteiger partial charge in [0.15, 0.2) is 0 Å². The SMILES string of the molecule is O=c1cc(C2CCNCC2)n2nc3cccc(Nc4ccc(F)cn4)c3c2[nH]1. The van der Waals surface area contributed by atoms with Crippen molar-refractivity contribution in [2.45, 2.75) is 18.8 Å². The quantitative estimate of drug-likeness (QED) is 0.510. The predicted octanol–water partition coefficient (Wildman–Crippen LogP) is 2.92. The van der Waals surface area contributed by atoms with Crippen molar-refractivity contribution >= 4 is 28.1 Å². The third kappa shape index (κ3) is 2.91. The average molecular weight is 378 g/mol. The van der Waals surface area contributed by atoms with Gasteiger partial charge in [-0.15, -0.1) is 0 Å². The van der Waals surface area contributed by atoms with E-state index in [9.17, 15) is 9.18 Å². The molecule has 0 unspecified atom stereocenters. The van der Waals surface area contributed by atoms with E-state index in [-0.39, 0.29) is 11.5 Å². The molecule has 1 saturated heterocycles. The van der Waals surface area contributed by atoms with Crippen LogP contribution in [0.2, 0.25) is 0 Å². The lowest BCUT2D eigenvalue weighted by molar-refractivity contribution is 0.446. The molecule has 0 radical (unpaired) electrons. The summed E-state index contributed by atoms with van der Waals surface area (Å²) in [7, 11) is 0. The van der Waals surface area contributed by atoms with E-state index in [1.165, 1.54) is 6.07 Å². The number of hydrogen-bond donors (Lipinski definition) is 3. The zero-order valence-corrected chi connectivity index (χ0v) is 15.1. The molecule has 5 rings (SSSR count). The molecule has 0 spiro atoms. The Morgan fingerprint density at radius 1 is 1.18 bits per heavy atom. The molecule has 0 aliphatic carbocycles. The second-order valence-electron chi connectivity index (χ2n) is 7.03. The summed E-state index contributed by atoms with van der Waals surface area (Å²) in [6.07, 6.45) is 3.11. The Morgan fingerprint density at radius 2 is 2.04 bits per heavy atom. The summed E-state index contributed by atoms with van der Waals surface area (Å²) in [5, 5.41) is 12.1. The number of rotatable bonds is 3. The minimum absolute atomic E-state index is 0.141.